The molecule has 0 spiro atoms. The van der Waals surface area contributed by atoms with Gasteiger partial charge in [0.1, 0.15) is 0 Å². The van der Waals surface area contributed by atoms with Crippen molar-refractivity contribution >= 4 is 0 Å². The molecular weight excluding hydrogens is 158 g/mol. The lowest BCUT2D eigenvalue weighted by molar-refractivity contribution is 0.0538. The molecule has 0 saturated heterocycles. The molecule has 0 saturated carbocycles. The van der Waals surface area contributed by atoms with Gasteiger partial charge in [-0.3, -0.25) is 0 Å². The fourth-order valence-corrected chi connectivity index (χ4v) is 0.713. The van der Waals surface area contributed by atoms with E-state index in [1.807, 2.05) is 6.92 Å². The first-order chi connectivity index (χ1) is 5.91. The minimum Gasteiger partial charge on any atom is -0.395 e. The summed E-state index contributed by atoms with van der Waals surface area (Å²) in [5.41, 5.74) is 0. The van der Waals surface area contributed by atoms with Crippen LogP contribution < -0.4 is 5.32 Å². The van der Waals surface area contributed by atoms with Crippen molar-refractivity contribution in [2.24, 2.45) is 0 Å². The van der Waals surface area contributed by atoms with Crippen molar-refractivity contribution in [2.45, 2.75) is 6.92 Å². The van der Waals surface area contributed by atoms with Crippen LogP contribution in [0.1, 0.15) is 6.92 Å². The van der Waals surface area contributed by atoms with E-state index in [2.05, 4.69) is 5.32 Å². The third kappa shape index (κ3) is 9.84. The van der Waals surface area contributed by atoms with Gasteiger partial charge in [-0.05, 0) is 6.92 Å². The van der Waals surface area contributed by atoms with Gasteiger partial charge in [0.2, 0.25) is 0 Å². The summed E-state index contributed by atoms with van der Waals surface area (Å²) >= 11 is 0. The van der Waals surface area contributed by atoms with Crippen molar-refractivity contribution < 1.29 is 14.6 Å². The average molecular weight is 177 g/mol. The van der Waals surface area contributed by atoms with Crippen molar-refractivity contribution in [3.8, 4) is 0 Å². The lowest BCUT2D eigenvalue weighted by Crippen LogP contribution is -2.23. The molecule has 0 atom stereocenters. The zero-order valence-corrected chi connectivity index (χ0v) is 7.71. The van der Waals surface area contributed by atoms with Gasteiger partial charge in [-0.15, -0.1) is 0 Å². The fraction of sp³-hybridized carbons (Fsp3) is 1.00. The number of aliphatic hydroxyl groups is 1. The van der Waals surface area contributed by atoms with E-state index in [9.17, 15) is 0 Å². The molecule has 0 radical (unpaired) electrons. The SMILES string of the molecule is CCOCCOCCNCCO. The Balaban J connectivity index is 2.73. The molecule has 0 aromatic rings. The Morgan fingerprint density at radius 1 is 1.08 bits per heavy atom. The second-order valence-corrected chi connectivity index (χ2v) is 2.28. The van der Waals surface area contributed by atoms with Crippen LogP contribution in [0.15, 0.2) is 0 Å². The van der Waals surface area contributed by atoms with Crippen molar-refractivity contribution in [1.29, 1.82) is 0 Å². The molecule has 0 aliphatic heterocycles. The second-order valence-electron chi connectivity index (χ2n) is 2.28. The summed E-state index contributed by atoms with van der Waals surface area (Å²) in [7, 11) is 0. The highest BCUT2D eigenvalue weighted by Gasteiger charge is 1.88. The van der Waals surface area contributed by atoms with Crippen molar-refractivity contribution in [2.75, 3.05) is 46.1 Å². The van der Waals surface area contributed by atoms with Gasteiger partial charge in [0.05, 0.1) is 26.4 Å². The molecule has 0 amide bonds. The molecule has 0 aromatic carbocycles. The van der Waals surface area contributed by atoms with Crippen LogP contribution in [0.5, 0.6) is 0 Å². The molecule has 2 N–H and O–H groups in total. The van der Waals surface area contributed by atoms with Gasteiger partial charge in [0.15, 0.2) is 0 Å². The van der Waals surface area contributed by atoms with E-state index in [1.54, 1.807) is 0 Å². The standard InChI is InChI=1S/C8H19NO3/c1-2-11-7-8-12-6-4-9-3-5-10/h9-10H,2-8H2,1H3. The van der Waals surface area contributed by atoms with Gasteiger partial charge in [0.25, 0.3) is 0 Å². The molecule has 0 aromatic heterocycles. The maximum absolute atomic E-state index is 8.42. The molecule has 74 valence electrons. The smallest absolute Gasteiger partial charge is 0.0701 e. The molecule has 0 fully saturated rings. The third-order valence-corrected chi connectivity index (χ3v) is 1.29. The van der Waals surface area contributed by atoms with Gasteiger partial charge in [0, 0.05) is 19.7 Å². The van der Waals surface area contributed by atoms with Crippen LogP contribution in [0.2, 0.25) is 0 Å². The summed E-state index contributed by atoms with van der Waals surface area (Å²) in [5, 5.41) is 11.4. The summed E-state index contributed by atoms with van der Waals surface area (Å²) in [6, 6.07) is 0. The second kappa shape index (κ2) is 10.8. The number of hydrogen-bond acceptors (Lipinski definition) is 4. The molecule has 0 rings (SSSR count). The highest BCUT2D eigenvalue weighted by Crippen LogP contribution is 1.76. The van der Waals surface area contributed by atoms with E-state index in [1.165, 1.54) is 0 Å². The zero-order valence-electron chi connectivity index (χ0n) is 7.71. The Kier molecular flexibility index (Phi) is 10.7. The van der Waals surface area contributed by atoms with Crippen LogP contribution in [0.4, 0.5) is 0 Å². The Labute approximate surface area is 73.9 Å². The molecule has 0 aliphatic rings. The highest BCUT2D eigenvalue weighted by molar-refractivity contribution is 4.43. The molecule has 4 heteroatoms. The predicted molar refractivity (Wildman–Crippen MR) is 47.3 cm³/mol. The first-order valence-electron chi connectivity index (χ1n) is 4.39. The quantitative estimate of drug-likeness (QED) is 0.471. The monoisotopic (exact) mass is 177 g/mol. The van der Waals surface area contributed by atoms with Crippen molar-refractivity contribution in [1.82, 2.24) is 5.32 Å². The summed E-state index contributed by atoms with van der Waals surface area (Å²) in [6.45, 7) is 6.29. The molecule has 4 nitrogen and oxygen atoms in total. The first kappa shape index (κ1) is 11.8. The summed E-state index contributed by atoms with van der Waals surface area (Å²) in [5.74, 6) is 0. The Morgan fingerprint density at radius 3 is 2.50 bits per heavy atom. The minimum atomic E-state index is 0.180. The number of aliphatic hydroxyl groups excluding tert-OH is 1. The Hall–Kier alpha value is -0.160. The third-order valence-electron chi connectivity index (χ3n) is 1.29. The minimum absolute atomic E-state index is 0.180. The van der Waals surface area contributed by atoms with Crippen molar-refractivity contribution in [3.63, 3.8) is 0 Å². The van der Waals surface area contributed by atoms with E-state index in [-0.39, 0.29) is 6.61 Å². The summed E-state index contributed by atoms with van der Waals surface area (Å²) in [6.07, 6.45) is 0. The molecule has 0 unspecified atom stereocenters. The molecule has 0 heterocycles. The molecule has 12 heavy (non-hydrogen) atoms. The van der Waals surface area contributed by atoms with E-state index in [0.717, 1.165) is 13.2 Å². The lowest BCUT2D eigenvalue weighted by Gasteiger charge is -2.04. The Bertz CT molecular complexity index is 70.7. The largest absolute Gasteiger partial charge is 0.395 e. The van der Waals surface area contributed by atoms with Crippen LogP contribution >= 0.6 is 0 Å². The van der Waals surface area contributed by atoms with Crippen LogP contribution in [0.25, 0.3) is 0 Å². The van der Waals surface area contributed by atoms with Gasteiger partial charge in [-0.2, -0.15) is 0 Å². The van der Waals surface area contributed by atoms with Crippen LogP contribution in [-0.4, -0.2) is 51.2 Å². The summed E-state index contributed by atoms with van der Waals surface area (Å²) in [4.78, 5) is 0. The number of rotatable bonds is 9. The van der Waals surface area contributed by atoms with Gasteiger partial charge in [-0.1, -0.05) is 0 Å². The van der Waals surface area contributed by atoms with E-state index in [4.69, 9.17) is 14.6 Å². The van der Waals surface area contributed by atoms with Gasteiger partial charge in [-0.25, -0.2) is 0 Å². The average Bonchev–Trinajstić information content (AvgIpc) is 2.10. The highest BCUT2D eigenvalue weighted by atomic mass is 16.5. The van der Waals surface area contributed by atoms with Gasteiger partial charge < -0.3 is 19.9 Å². The first-order valence-corrected chi connectivity index (χ1v) is 4.39. The topological polar surface area (TPSA) is 50.7 Å². The zero-order chi connectivity index (χ0) is 9.07. The van der Waals surface area contributed by atoms with Gasteiger partial charge >= 0.3 is 0 Å². The van der Waals surface area contributed by atoms with E-state index >= 15 is 0 Å². The number of hydrogen-bond donors (Lipinski definition) is 2. The fourth-order valence-electron chi connectivity index (χ4n) is 0.713. The van der Waals surface area contributed by atoms with Crippen LogP contribution in [-0.2, 0) is 9.47 Å². The molecule has 0 bridgehead atoms. The molecular formula is C8H19NO3. The number of ether oxygens (including phenoxy) is 2. The van der Waals surface area contributed by atoms with Crippen molar-refractivity contribution in [3.05, 3.63) is 0 Å². The lowest BCUT2D eigenvalue weighted by atomic mass is 10.6. The van der Waals surface area contributed by atoms with Crippen LogP contribution in [0, 0.1) is 0 Å². The Morgan fingerprint density at radius 2 is 1.83 bits per heavy atom. The maximum Gasteiger partial charge on any atom is 0.0701 e. The number of nitrogens with one attached hydrogen (secondary N) is 1. The predicted octanol–water partition coefficient (Wildman–Crippen LogP) is -0.379. The van der Waals surface area contributed by atoms with E-state index in [0.29, 0.717) is 26.4 Å². The van der Waals surface area contributed by atoms with Crippen LogP contribution in [0.3, 0.4) is 0 Å². The maximum atomic E-state index is 8.42. The summed E-state index contributed by atoms with van der Waals surface area (Å²) < 4.78 is 10.3. The normalized spacial score (nSPS) is 10.5. The molecule has 0 aliphatic carbocycles. The van der Waals surface area contributed by atoms with E-state index < -0.39 is 0 Å².